The summed E-state index contributed by atoms with van der Waals surface area (Å²) in [4.78, 5) is 47.9. The molecule has 1 aromatic heterocycles. The number of fused-ring (bicyclic) bond motifs is 2. The number of carbonyl (C=O) groups excluding carboxylic acids is 2. The quantitative estimate of drug-likeness (QED) is 0.578. The number of benzene rings is 2. The number of amides is 3. The summed E-state index contributed by atoms with van der Waals surface area (Å²) >= 11 is 0. The van der Waals surface area contributed by atoms with Crippen LogP contribution in [0.3, 0.4) is 0 Å². The molecule has 0 radical (unpaired) electrons. The summed E-state index contributed by atoms with van der Waals surface area (Å²) < 4.78 is 5.51. The molecule has 2 aliphatic rings. The lowest BCUT2D eigenvalue weighted by Gasteiger charge is -2.45. The van der Waals surface area contributed by atoms with Gasteiger partial charge in [-0.15, -0.1) is 0 Å². The molecule has 0 unspecified atom stereocenters. The van der Waals surface area contributed by atoms with Gasteiger partial charge in [0.25, 0.3) is 0 Å². The standard InChI is InChI=1S/C27H26N4O5/c32-25(33)24-23-12-11-22(31(23)27(35)36-18-19-13-15-28-16-14-19)17-29(24)26(34)30(20-7-3-1-4-8-20)21-9-5-2-6-10-21/h1-10,13-16,22-24H,11-12,17-18H2,(H,32,33)/t22-,23+,24-/m0/s1. The number of anilines is 2. The van der Waals surface area contributed by atoms with Gasteiger partial charge in [0.05, 0.1) is 23.5 Å². The molecule has 36 heavy (non-hydrogen) atoms. The fraction of sp³-hybridized carbons (Fsp3) is 0.259. The van der Waals surface area contributed by atoms with E-state index >= 15 is 0 Å². The number of hydrogen-bond acceptors (Lipinski definition) is 5. The van der Waals surface area contributed by atoms with E-state index in [9.17, 15) is 19.5 Å². The number of carboxylic acid groups (broad SMARTS) is 1. The number of carbonyl (C=O) groups is 3. The molecule has 2 bridgehead atoms. The molecule has 3 amide bonds. The second-order valence-corrected chi connectivity index (χ2v) is 8.84. The number of carboxylic acids is 1. The van der Waals surface area contributed by atoms with E-state index in [0.29, 0.717) is 24.2 Å². The van der Waals surface area contributed by atoms with Gasteiger partial charge >= 0.3 is 18.1 Å². The maximum absolute atomic E-state index is 14.0. The Kier molecular flexibility index (Phi) is 6.53. The number of para-hydroxylation sites is 2. The third-order valence-electron chi connectivity index (χ3n) is 6.70. The van der Waals surface area contributed by atoms with Crippen LogP contribution in [0.1, 0.15) is 18.4 Å². The molecular weight excluding hydrogens is 460 g/mol. The second kappa shape index (κ2) is 10.1. The monoisotopic (exact) mass is 486 g/mol. The predicted octanol–water partition coefficient (Wildman–Crippen LogP) is 4.28. The molecule has 5 rings (SSSR count). The van der Waals surface area contributed by atoms with Gasteiger partial charge in [-0.1, -0.05) is 36.4 Å². The SMILES string of the molecule is O=C(O)[C@@H]1[C@H]2CC[C@@H](CN1C(=O)N(c1ccccc1)c1ccccc1)N2C(=O)OCc1ccncc1. The van der Waals surface area contributed by atoms with Crippen LogP contribution in [0.15, 0.2) is 85.2 Å². The molecule has 0 saturated carbocycles. The van der Waals surface area contributed by atoms with Crippen molar-refractivity contribution in [2.45, 2.75) is 37.6 Å². The molecule has 1 N–H and O–H groups in total. The Balaban J connectivity index is 1.41. The van der Waals surface area contributed by atoms with Gasteiger partial charge in [-0.2, -0.15) is 0 Å². The van der Waals surface area contributed by atoms with Crippen LogP contribution in [0.25, 0.3) is 0 Å². The Hall–Kier alpha value is -4.40. The number of urea groups is 1. The molecule has 184 valence electrons. The van der Waals surface area contributed by atoms with Crippen LogP contribution in [0.2, 0.25) is 0 Å². The van der Waals surface area contributed by atoms with E-state index in [1.807, 2.05) is 60.7 Å². The number of aromatic nitrogens is 1. The summed E-state index contributed by atoms with van der Waals surface area (Å²) in [5.41, 5.74) is 2.05. The van der Waals surface area contributed by atoms with Crippen LogP contribution in [-0.4, -0.2) is 62.7 Å². The molecule has 2 aromatic carbocycles. The molecule has 2 aliphatic heterocycles. The average Bonchev–Trinajstić information content (AvgIpc) is 3.21. The van der Waals surface area contributed by atoms with Gasteiger partial charge in [-0.05, 0) is 54.8 Å². The molecule has 0 spiro atoms. The van der Waals surface area contributed by atoms with Crippen molar-refractivity contribution < 1.29 is 24.2 Å². The maximum atomic E-state index is 14.0. The van der Waals surface area contributed by atoms with Gasteiger partial charge in [-0.3, -0.25) is 14.8 Å². The zero-order valence-corrected chi connectivity index (χ0v) is 19.5. The minimum absolute atomic E-state index is 0.0630. The summed E-state index contributed by atoms with van der Waals surface area (Å²) in [6.07, 6.45) is 3.73. The van der Waals surface area contributed by atoms with Crippen molar-refractivity contribution in [1.82, 2.24) is 14.8 Å². The lowest BCUT2D eigenvalue weighted by Crippen LogP contribution is -2.66. The zero-order valence-electron chi connectivity index (χ0n) is 19.5. The number of nitrogens with zero attached hydrogens (tertiary/aromatic N) is 4. The first-order valence-corrected chi connectivity index (χ1v) is 11.8. The van der Waals surface area contributed by atoms with Gasteiger partial charge in [0.2, 0.25) is 0 Å². The third-order valence-corrected chi connectivity index (χ3v) is 6.70. The minimum Gasteiger partial charge on any atom is -0.480 e. The number of piperazine rings is 1. The van der Waals surface area contributed by atoms with E-state index in [2.05, 4.69) is 4.98 Å². The Morgan fingerprint density at radius 3 is 2.11 bits per heavy atom. The maximum Gasteiger partial charge on any atom is 0.410 e. The Labute approximate surface area is 208 Å². The van der Waals surface area contributed by atoms with E-state index in [0.717, 1.165) is 5.56 Å². The van der Waals surface area contributed by atoms with E-state index in [1.54, 1.807) is 24.5 Å². The Morgan fingerprint density at radius 2 is 1.53 bits per heavy atom. The van der Waals surface area contributed by atoms with Crippen molar-refractivity contribution in [3.8, 4) is 0 Å². The van der Waals surface area contributed by atoms with E-state index < -0.39 is 30.2 Å². The fourth-order valence-electron chi connectivity index (χ4n) is 5.08. The molecule has 3 heterocycles. The highest BCUT2D eigenvalue weighted by Crippen LogP contribution is 2.37. The van der Waals surface area contributed by atoms with E-state index in [-0.39, 0.29) is 19.2 Å². The van der Waals surface area contributed by atoms with Crippen LogP contribution in [0.5, 0.6) is 0 Å². The lowest BCUT2D eigenvalue weighted by molar-refractivity contribution is -0.146. The summed E-state index contributed by atoms with van der Waals surface area (Å²) in [5.74, 6) is -1.15. The van der Waals surface area contributed by atoms with Crippen LogP contribution in [-0.2, 0) is 16.1 Å². The molecule has 0 aliphatic carbocycles. The van der Waals surface area contributed by atoms with Crippen LogP contribution in [0.4, 0.5) is 21.0 Å². The van der Waals surface area contributed by atoms with Gasteiger partial charge in [0.15, 0.2) is 6.04 Å². The van der Waals surface area contributed by atoms with Gasteiger partial charge in [-0.25, -0.2) is 14.4 Å². The Bertz CT molecular complexity index is 1190. The van der Waals surface area contributed by atoms with Crippen LogP contribution >= 0.6 is 0 Å². The van der Waals surface area contributed by atoms with Crippen molar-refractivity contribution in [3.63, 3.8) is 0 Å². The first-order valence-electron chi connectivity index (χ1n) is 11.8. The van der Waals surface area contributed by atoms with Crippen molar-refractivity contribution >= 4 is 29.5 Å². The first kappa shape index (κ1) is 23.3. The largest absolute Gasteiger partial charge is 0.480 e. The fourth-order valence-corrected chi connectivity index (χ4v) is 5.08. The number of hydrogen-bond donors (Lipinski definition) is 1. The normalized spacial score (nSPS) is 20.6. The highest BCUT2D eigenvalue weighted by Gasteiger charge is 2.54. The van der Waals surface area contributed by atoms with Crippen LogP contribution in [0, 0.1) is 0 Å². The number of ether oxygens (including phenoxy) is 1. The molecule has 3 aromatic rings. The summed E-state index contributed by atoms with van der Waals surface area (Å²) in [6, 6.07) is 19.1. The topological polar surface area (TPSA) is 103 Å². The third kappa shape index (κ3) is 4.47. The van der Waals surface area contributed by atoms with Gasteiger partial charge in [0, 0.05) is 18.9 Å². The van der Waals surface area contributed by atoms with Crippen LogP contribution < -0.4 is 4.90 Å². The van der Waals surface area contributed by atoms with Gasteiger partial charge in [0.1, 0.15) is 6.61 Å². The average molecular weight is 487 g/mol. The highest BCUT2D eigenvalue weighted by atomic mass is 16.6. The van der Waals surface area contributed by atoms with Crippen molar-refractivity contribution in [3.05, 3.63) is 90.8 Å². The molecule has 9 heteroatoms. The van der Waals surface area contributed by atoms with E-state index in [1.165, 1.54) is 14.7 Å². The minimum atomic E-state index is -1.19. The van der Waals surface area contributed by atoms with Crippen molar-refractivity contribution in [1.29, 1.82) is 0 Å². The molecule has 3 atom stereocenters. The highest BCUT2D eigenvalue weighted by molar-refractivity contribution is 6.01. The molecule has 9 nitrogen and oxygen atoms in total. The number of pyridine rings is 1. The number of likely N-dealkylation sites (tertiary alicyclic amines) is 1. The Morgan fingerprint density at radius 1 is 0.917 bits per heavy atom. The smallest absolute Gasteiger partial charge is 0.410 e. The first-order chi connectivity index (χ1) is 17.5. The number of rotatable bonds is 5. The molecular formula is C27H26N4O5. The lowest BCUT2D eigenvalue weighted by atomic mass is 10.0. The molecule has 2 saturated heterocycles. The van der Waals surface area contributed by atoms with Crippen molar-refractivity contribution in [2.24, 2.45) is 0 Å². The van der Waals surface area contributed by atoms with Gasteiger partial charge < -0.3 is 14.7 Å². The summed E-state index contributed by atoms with van der Waals surface area (Å²) in [7, 11) is 0. The van der Waals surface area contributed by atoms with E-state index in [4.69, 9.17) is 4.74 Å². The summed E-state index contributed by atoms with van der Waals surface area (Å²) in [5, 5.41) is 10.2. The predicted molar refractivity (Wildman–Crippen MR) is 132 cm³/mol. The number of aliphatic carboxylic acids is 1. The molecule has 2 fully saturated rings. The van der Waals surface area contributed by atoms with Crippen molar-refractivity contribution in [2.75, 3.05) is 11.4 Å². The zero-order chi connectivity index (χ0) is 25.1. The second-order valence-electron chi connectivity index (χ2n) is 8.84. The summed E-state index contributed by atoms with van der Waals surface area (Å²) in [6.45, 7) is 0.167.